The largest absolute Gasteiger partial charge is 0.377 e. The number of aromatic nitrogens is 2. The number of nitrogens with zero attached hydrogens (tertiary/aromatic N) is 2. The van der Waals surface area contributed by atoms with E-state index < -0.39 is 0 Å². The summed E-state index contributed by atoms with van der Waals surface area (Å²) in [5, 5.41) is 8.02. The summed E-state index contributed by atoms with van der Waals surface area (Å²) in [5.41, 5.74) is 3.13. The van der Waals surface area contributed by atoms with E-state index in [0.717, 1.165) is 32.7 Å². The minimum absolute atomic E-state index is 0.391. The van der Waals surface area contributed by atoms with Crippen LogP contribution in [-0.2, 0) is 11.2 Å². The van der Waals surface area contributed by atoms with E-state index >= 15 is 0 Å². The molecule has 4 heteroatoms. The average Bonchev–Trinajstić information content (AvgIpc) is 2.71. The van der Waals surface area contributed by atoms with Crippen molar-refractivity contribution in [2.75, 3.05) is 26.3 Å². The molecule has 4 nitrogen and oxygen atoms in total. The van der Waals surface area contributed by atoms with Crippen LogP contribution in [0.5, 0.6) is 0 Å². The molecule has 3 heterocycles. The van der Waals surface area contributed by atoms with Crippen molar-refractivity contribution in [3.05, 3.63) is 23.5 Å². The zero-order valence-electron chi connectivity index (χ0n) is 10.6. The van der Waals surface area contributed by atoms with E-state index in [9.17, 15) is 0 Å². The summed E-state index contributed by atoms with van der Waals surface area (Å²) in [7, 11) is 0. The van der Waals surface area contributed by atoms with Gasteiger partial charge in [-0.2, -0.15) is 5.10 Å². The van der Waals surface area contributed by atoms with E-state index in [-0.39, 0.29) is 0 Å². The standard InChI is InChI=1S/C14H19N3O/c1-2-14(3-5-15-6-4-14)7-11-8-16-17(13(1)11)12-9-18-10-12/h1-2,8,12,15H,3-7,9-10H2. The van der Waals surface area contributed by atoms with Crippen LogP contribution in [0.2, 0.25) is 0 Å². The maximum absolute atomic E-state index is 5.27. The zero-order valence-corrected chi connectivity index (χ0v) is 10.6. The Bertz CT molecular complexity index is 481. The Hall–Kier alpha value is -1.13. The molecule has 3 aliphatic rings. The van der Waals surface area contributed by atoms with Gasteiger partial charge in [-0.15, -0.1) is 0 Å². The lowest BCUT2D eigenvalue weighted by Crippen LogP contribution is -2.38. The van der Waals surface area contributed by atoms with E-state index in [1.54, 1.807) is 0 Å². The van der Waals surface area contributed by atoms with Crippen LogP contribution < -0.4 is 5.32 Å². The lowest BCUT2D eigenvalue weighted by molar-refractivity contribution is -0.0290. The average molecular weight is 245 g/mol. The van der Waals surface area contributed by atoms with Crippen molar-refractivity contribution >= 4 is 6.08 Å². The van der Waals surface area contributed by atoms with Gasteiger partial charge in [0.1, 0.15) is 0 Å². The predicted molar refractivity (Wildman–Crippen MR) is 69.4 cm³/mol. The maximum Gasteiger partial charge on any atom is 0.0992 e. The van der Waals surface area contributed by atoms with Gasteiger partial charge in [0.05, 0.1) is 31.1 Å². The lowest BCUT2D eigenvalue weighted by atomic mass is 9.72. The summed E-state index contributed by atoms with van der Waals surface area (Å²) in [6.07, 6.45) is 10.5. The Morgan fingerprint density at radius 2 is 2.17 bits per heavy atom. The Labute approximate surface area is 107 Å². The number of allylic oxidation sites excluding steroid dienone is 1. The van der Waals surface area contributed by atoms with Gasteiger partial charge < -0.3 is 10.1 Å². The quantitative estimate of drug-likeness (QED) is 0.812. The van der Waals surface area contributed by atoms with Crippen LogP contribution in [0.4, 0.5) is 0 Å². The number of hydrogen-bond acceptors (Lipinski definition) is 3. The van der Waals surface area contributed by atoms with Crippen LogP contribution in [0, 0.1) is 5.41 Å². The Balaban J connectivity index is 1.64. The number of ether oxygens (including phenoxy) is 1. The highest BCUT2D eigenvalue weighted by atomic mass is 16.5. The fourth-order valence-corrected chi connectivity index (χ4v) is 3.34. The third-order valence-electron chi connectivity index (χ3n) is 4.62. The van der Waals surface area contributed by atoms with Crippen LogP contribution in [0.25, 0.3) is 6.08 Å². The first-order valence-corrected chi connectivity index (χ1v) is 6.90. The van der Waals surface area contributed by atoms with Gasteiger partial charge in [0.2, 0.25) is 0 Å². The summed E-state index contributed by atoms with van der Waals surface area (Å²) in [6.45, 7) is 3.92. The number of hydrogen-bond donors (Lipinski definition) is 1. The third kappa shape index (κ3) is 1.56. The SMILES string of the molecule is C1=CC2(CCNCC2)Cc2cnn(C3COC3)c21. The molecule has 0 saturated carbocycles. The molecular weight excluding hydrogens is 226 g/mol. The highest BCUT2D eigenvalue weighted by Gasteiger charge is 2.35. The summed E-state index contributed by atoms with van der Waals surface area (Å²) >= 11 is 0. The van der Waals surface area contributed by atoms with Crippen molar-refractivity contribution in [2.24, 2.45) is 5.41 Å². The molecule has 0 unspecified atom stereocenters. The van der Waals surface area contributed by atoms with Crippen molar-refractivity contribution in [3.63, 3.8) is 0 Å². The highest BCUT2D eigenvalue weighted by molar-refractivity contribution is 5.54. The number of fused-ring (bicyclic) bond motifs is 1. The van der Waals surface area contributed by atoms with Crippen molar-refractivity contribution < 1.29 is 4.74 Å². The van der Waals surface area contributed by atoms with Crippen LogP contribution in [0.15, 0.2) is 12.3 Å². The molecule has 1 aromatic heterocycles. The van der Waals surface area contributed by atoms with Gasteiger partial charge in [-0.3, -0.25) is 4.68 Å². The van der Waals surface area contributed by atoms with Crippen LogP contribution >= 0.6 is 0 Å². The first-order valence-electron chi connectivity index (χ1n) is 6.90. The van der Waals surface area contributed by atoms with E-state index in [1.165, 1.54) is 24.1 Å². The molecule has 0 bridgehead atoms. The molecule has 1 aromatic rings. The normalized spacial score (nSPS) is 26.0. The van der Waals surface area contributed by atoms with Crippen molar-refractivity contribution in [1.82, 2.24) is 15.1 Å². The van der Waals surface area contributed by atoms with E-state index in [0.29, 0.717) is 11.5 Å². The molecule has 0 aromatic carbocycles. The first kappa shape index (κ1) is 10.8. The molecule has 4 rings (SSSR count). The minimum atomic E-state index is 0.391. The summed E-state index contributed by atoms with van der Waals surface area (Å²) in [5.74, 6) is 0. The van der Waals surface area contributed by atoms with E-state index in [2.05, 4.69) is 33.4 Å². The fraction of sp³-hybridized carbons (Fsp3) is 0.643. The van der Waals surface area contributed by atoms with Gasteiger partial charge in [-0.25, -0.2) is 0 Å². The molecule has 0 radical (unpaired) electrons. The highest BCUT2D eigenvalue weighted by Crippen LogP contribution is 2.40. The minimum Gasteiger partial charge on any atom is -0.377 e. The molecule has 2 fully saturated rings. The summed E-state index contributed by atoms with van der Waals surface area (Å²) in [4.78, 5) is 0. The zero-order chi connectivity index (χ0) is 12.0. The third-order valence-corrected chi connectivity index (χ3v) is 4.62. The van der Waals surface area contributed by atoms with Gasteiger partial charge in [-0.1, -0.05) is 6.08 Å². The van der Waals surface area contributed by atoms with Crippen molar-refractivity contribution in [2.45, 2.75) is 25.3 Å². The molecular formula is C14H19N3O. The number of rotatable bonds is 1. The molecule has 2 aliphatic heterocycles. The summed E-state index contributed by atoms with van der Waals surface area (Å²) < 4.78 is 7.42. The molecule has 0 atom stereocenters. The second-order valence-electron chi connectivity index (χ2n) is 5.81. The molecule has 1 N–H and O–H groups in total. The molecule has 1 aliphatic carbocycles. The first-order chi connectivity index (χ1) is 8.86. The molecule has 1 spiro atoms. The van der Waals surface area contributed by atoms with Gasteiger partial charge in [0.25, 0.3) is 0 Å². The van der Waals surface area contributed by atoms with E-state index in [4.69, 9.17) is 4.74 Å². The number of nitrogens with one attached hydrogen (secondary N) is 1. The van der Waals surface area contributed by atoms with Gasteiger partial charge in [-0.05, 0) is 49.4 Å². The van der Waals surface area contributed by atoms with Crippen LogP contribution in [0.3, 0.4) is 0 Å². The fourth-order valence-electron chi connectivity index (χ4n) is 3.34. The Morgan fingerprint density at radius 3 is 2.89 bits per heavy atom. The second-order valence-corrected chi connectivity index (χ2v) is 5.81. The lowest BCUT2D eigenvalue weighted by Gasteiger charge is -2.37. The maximum atomic E-state index is 5.27. The van der Waals surface area contributed by atoms with Crippen molar-refractivity contribution in [1.29, 1.82) is 0 Å². The molecule has 0 amide bonds. The summed E-state index contributed by atoms with van der Waals surface area (Å²) in [6, 6.07) is 0.459. The van der Waals surface area contributed by atoms with Gasteiger partial charge >= 0.3 is 0 Å². The second kappa shape index (κ2) is 3.93. The van der Waals surface area contributed by atoms with Gasteiger partial charge in [0, 0.05) is 0 Å². The van der Waals surface area contributed by atoms with Crippen molar-refractivity contribution in [3.8, 4) is 0 Å². The monoisotopic (exact) mass is 245 g/mol. The molecule has 2 saturated heterocycles. The topological polar surface area (TPSA) is 39.1 Å². The number of piperidine rings is 1. The Morgan fingerprint density at radius 1 is 1.33 bits per heavy atom. The van der Waals surface area contributed by atoms with Crippen LogP contribution in [-0.4, -0.2) is 36.1 Å². The smallest absolute Gasteiger partial charge is 0.0992 e. The molecule has 18 heavy (non-hydrogen) atoms. The Kier molecular flexibility index (Phi) is 2.35. The van der Waals surface area contributed by atoms with Gasteiger partial charge in [0.15, 0.2) is 0 Å². The predicted octanol–water partition coefficient (Wildman–Crippen LogP) is 1.39. The molecule has 96 valence electrons. The van der Waals surface area contributed by atoms with Crippen LogP contribution in [0.1, 0.15) is 30.1 Å². The van der Waals surface area contributed by atoms with E-state index in [1.807, 2.05) is 0 Å².